The van der Waals surface area contributed by atoms with Crippen molar-refractivity contribution in [1.82, 2.24) is 5.32 Å². The second kappa shape index (κ2) is 9.38. The van der Waals surface area contributed by atoms with Crippen LogP contribution in [0.25, 0.3) is 0 Å². The number of rotatable bonds is 9. The highest BCUT2D eigenvalue weighted by Gasteiger charge is 2.11. The molecule has 0 spiro atoms. The fourth-order valence-corrected chi connectivity index (χ4v) is 2.86. The molecular formula is C20H25F2NO3. The van der Waals surface area contributed by atoms with E-state index in [4.69, 9.17) is 9.47 Å². The molecule has 2 aromatic rings. The Hall–Kier alpha value is -2.34. The maximum absolute atomic E-state index is 12.5. The molecule has 0 unspecified atom stereocenters. The fraction of sp³-hybridized carbons (Fsp3) is 0.400. The monoisotopic (exact) mass is 365 g/mol. The highest BCUT2D eigenvalue weighted by molar-refractivity contribution is 5.44. The van der Waals surface area contributed by atoms with E-state index in [0.29, 0.717) is 36.6 Å². The summed E-state index contributed by atoms with van der Waals surface area (Å²) >= 11 is 0. The smallest absolute Gasteiger partial charge is 0.387 e. The van der Waals surface area contributed by atoms with Gasteiger partial charge < -0.3 is 19.5 Å². The molecule has 0 atom stereocenters. The quantitative estimate of drug-likeness (QED) is 0.705. The maximum atomic E-state index is 12.5. The Morgan fingerprint density at radius 2 is 1.62 bits per heavy atom. The first-order valence-corrected chi connectivity index (χ1v) is 8.50. The number of hydrogen-bond acceptors (Lipinski definition) is 4. The summed E-state index contributed by atoms with van der Waals surface area (Å²) in [4.78, 5) is 0. The molecule has 0 amide bonds. The van der Waals surface area contributed by atoms with Gasteiger partial charge in [0.05, 0.1) is 13.7 Å². The first kappa shape index (κ1) is 20.0. The summed E-state index contributed by atoms with van der Waals surface area (Å²) in [5, 5.41) is 3.35. The van der Waals surface area contributed by atoms with Crippen LogP contribution in [0.3, 0.4) is 0 Å². The van der Waals surface area contributed by atoms with Crippen molar-refractivity contribution in [2.24, 2.45) is 0 Å². The van der Waals surface area contributed by atoms with Crippen LogP contribution < -0.4 is 19.5 Å². The Labute approximate surface area is 153 Å². The van der Waals surface area contributed by atoms with Crippen molar-refractivity contribution in [3.8, 4) is 17.2 Å². The van der Waals surface area contributed by atoms with Crippen molar-refractivity contribution in [3.63, 3.8) is 0 Å². The van der Waals surface area contributed by atoms with Crippen LogP contribution in [-0.2, 0) is 13.1 Å². The summed E-state index contributed by atoms with van der Waals surface area (Å²) in [6.45, 7) is 4.50. The van der Waals surface area contributed by atoms with Gasteiger partial charge in [0, 0.05) is 13.1 Å². The fourth-order valence-electron chi connectivity index (χ4n) is 2.86. The second-order valence-corrected chi connectivity index (χ2v) is 5.96. The van der Waals surface area contributed by atoms with Gasteiger partial charge in [-0.15, -0.1) is 0 Å². The third-order valence-electron chi connectivity index (χ3n) is 3.91. The third kappa shape index (κ3) is 5.33. The van der Waals surface area contributed by atoms with Crippen LogP contribution in [0, 0.1) is 13.8 Å². The van der Waals surface area contributed by atoms with Crippen molar-refractivity contribution in [1.29, 1.82) is 0 Å². The molecule has 0 bridgehead atoms. The highest BCUT2D eigenvalue weighted by Crippen LogP contribution is 2.28. The normalized spacial score (nSPS) is 10.9. The number of alkyl halides is 2. The SMILES string of the molecule is CCOc1ccc(CNCc2cc(C)c(OC(F)F)c(C)c2)cc1OC. The molecule has 2 aromatic carbocycles. The summed E-state index contributed by atoms with van der Waals surface area (Å²) in [7, 11) is 1.61. The minimum atomic E-state index is -2.81. The zero-order valence-corrected chi connectivity index (χ0v) is 15.6. The van der Waals surface area contributed by atoms with Crippen LogP contribution in [0.15, 0.2) is 30.3 Å². The van der Waals surface area contributed by atoms with Gasteiger partial charge in [-0.3, -0.25) is 0 Å². The molecule has 0 aliphatic rings. The average molecular weight is 365 g/mol. The van der Waals surface area contributed by atoms with E-state index in [2.05, 4.69) is 10.1 Å². The lowest BCUT2D eigenvalue weighted by Crippen LogP contribution is -2.13. The van der Waals surface area contributed by atoms with Gasteiger partial charge in [-0.1, -0.05) is 18.2 Å². The molecule has 4 nitrogen and oxygen atoms in total. The van der Waals surface area contributed by atoms with Gasteiger partial charge in [0.1, 0.15) is 5.75 Å². The largest absolute Gasteiger partial charge is 0.493 e. The molecule has 142 valence electrons. The van der Waals surface area contributed by atoms with E-state index in [1.807, 2.05) is 37.3 Å². The predicted octanol–water partition coefficient (Wildman–Crippen LogP) is 4.60. The molecule has 0 saturated carbocycles. The van der Waals surface area contributed by atoms with E-state index in [1.165, 1.54) is 0 Å². The van der Waals surface area contributed by atoms with Gasteiger partial charge >= 0.3 is 6.61 Å². The number of hydrogen-bond donors (Lipinski definition) is 1. The van der Waals surface area contributed by atoms with E-state index in [9.17, 15) is 8.78 Å². The first-order valence-electron chi connectivity index (χ1n) is 8.50. The van der Waals surface area contributed by atoms with E-state index in [1.54, 1.807) is 21.0 Å². The number of benzene rings is 2. The zero-order chi connectivity index (χ0) is 19.1. The van der Waals surface area contributed by atoms with Gasteiger partial charge in [0.15, 0.2) is 11.5 Å². The van der Waals surface area contributed by atoms with Crippen LogP contribution in [0.4, 0.5) is 8.78 Å². The maximum Gasteiger partial charge on any atom is 0.387 e. The summed E-state index contributed by atoms with van der Waals surface area (Å²) in [6, 6.07) is 9.53. The van der Waals surface area contributed by atoms with Crippen LogP contribution in [0.2, 0.25) is 0 Å². The molecule has 0 aliphatic carbocycles. The summed E-state index contributed by atoms with van der Waals surface area (Å²) in [6.07, 6.45) is 0. The lowest BCUT2D eigenvalue weighted by molar-refractivity contribution is -0.0507. The molecule has 0 saturated heterocycles. The predicted molar refractivity (Wildman–Crippen MR) is 97.3 cm³/mol. The van der Waals surface area contributed by atoms with Crippen LogP contribution in [0.5, 0.6) is 17.2 Å². The van der Waals surface area contributed by atoms with Crippen LogP contribution in [0.1, 0.15) is 29.2 Å². The average Bonchev–Trinajstić information content (AvgIpc) is 2.59. The summed E-state index contributed by atoms with van der Waals surface area (Å²) in [5.74, 6) is 1.67. The van der Waals surface area contributed by atoms with Crippen molar-refractivity contribution in [3.05, 3.63) is 52.6 Å². The molecule has 1 N–H and O–H groups in total. The standard InChI is InChI=1S/C20H25F2NO3/c1-5-25-17-7-6-15(10-18(17)24-4)11-23-12-16-8-13(2)19(14(3)9-16)26-20(21)22/h6-10,20,23H,5,11-12H2,1-4H3. The lowest BCUT2D eigenvalue weighted by Gasteiger charge is -2.14. The van der Waals surface area contributed by atoms with E-state index >= 15 is 0 Å². The van der Waals surface area contributed by atoms with Gasteiger partial charge in [-0.25, -0.2) is 0 Å². The minimum Gasteiger partial charge on any atom is -0.493 e. The van der Waals surface area contributed by atoms with Gasteiger partial charge in [-0.05, 0) is 55.2 Å². The third-order valence-corrected chi connectivity index (χ3v) is 3.91. The number of halogens is 2. The topological polar surface area (TPSA) is 39.7 Å². The number of ether oxygens (including phenoxy) is 3. The Kier molecular flexibility index (Phi) is 7.21. The molecule has 26 heavy (non-hydrogen) atoms. The van der Waals surface area contributed by atoms with Crippen molar-refractivity contribution in [2.75, 3.05) is 13.7 Å². The first-order chi connectivity index (χ1) is 12.4. The molecule has 0 radical (unpaired) electrons. The Morgan fingerprint density at radius 1 is 0.962 bits per heavy atom. The molecule has 0 fully saturated rings. The Morgan fingerprint density at radius 3 is 2.19 bits per heavy atom. The minimum absolute atomic E-state index is 0.250. The second-order valence-electron chi connectivity index (χ2n) is 5.96. The van der Waals surface area contributed by atoms with E-state index in [-0.39, 0.29) is 5.75 Å². The lowest BCUT2D eigenvalue weighted by atomic mass is 10.1. The number of aryl methyl sites for hydroxylation is 2. The number of methoxy groups -OCH3 is 1. The Bertz CT molecular complexity index is 712. The van der Waals surface area contributed by atoms with Gasteiger partial charge in [0.25, 0.3) is 0 Å². The highest BCUT2D eigenvalue weighted by atomic mass is 19.3. The summed E-state index contributed by atoms with van der Waals surface area (Å²) < 4.78 is 40.4. The molecular weight excluding hydrogens is 340 g/mol. The zero-order valence-electron chi connectivity index (χ0n) is 15.6. The van der Waals surface area contributed by atoms with Crippen LogP contribution in [-0.4, -0.2) is 20.3 Å². The molecule has 6 heteroatoms. The molecule has 0 aromatic heterocycles. The Balaban J connectivity index is 1.99. The summed E-state index contributed by atoms with van der Waals surface area (Å²) in [5.41, 5.74) is 3.48. The van der Waals surface area contributed by atoms with E-state index < -0.39 is 6.61 Å². The van der Waals surface area contributed by atoms with Crippen LogP contribution >= 0.6 is 0 Å². The van der Waals surface area contributed by atoms with Gasteiger partial charge in [-0.2, -0.15) is 8.78 Å². The molecule has 0 heterocycles. The number of nitrogens with one attached hydrogen (secondary N) is 1. The van der Waals surface area contributed by atoms with Crippen molar-refractivity contribution < 1.29 is 23.0 Å². The molecule has 0 aliphatic heterocycles. The molecule has 2 rings (SSSR count). The van der Waals surface area contributed by atoms with Gasteiger partial charge in [0.2, 0.25) is 0 Å². The van der Waals surface area contributed by atoms with E-state index in [0.717, 1.165) is 16.9 Å². The van der Waals surface area contributed by atoms with Crippen molar-refractivity contribution in [2.45, 2.75) is 40.5 Å². The van der Waals surface area contributed by atoms with Crippen molar-refractivity contribution >= 4 is 0 Å².